The van der Waals surface area contributed by atoms with Crippen LogP contribution in [0.15, 0.2) is 0 Å². The quantitative estimate of drug-likeness (QED) is 0.725. The fourth-order valence-electron chi connectivity index (χ4n) is 2.07. The fourth-order valence-corrected chi connectivity index (χ4v) is 2.44. The maximum absolute atomic E-state index is 11.8. The fraction of sp³-hybridized carbons (Fsp3) is 0.917. The lowest BCUT2D eigenvalue weighted by Crippen LogP contribution is -2.34. The lowest BCUT2D eigenvalue weighted by Gasteiger charge is -2.21. The van der Waals surface area contributed by atoms with E-state index in [1.807, 2.05) is 0 Å². The minimum Gasteiger partial charge on any atom is -0.356 e. The van der Waals surface area contributed by atoms with Crippen molar-refractivity contribution in [1.82, 2.24) is 5.32 Å². The topological polar surface area (TPSA) is 29.1 Å². The first-order valence-electron chi connectivity index (χ1n) is 6.07. The molecule has 0 aromatic carbocycles. The first kappa shape index (κ1) is 12.8. The normalized spacial score (nSPS) is 19.9. The average Bonchev–Trinajstić information content (AvgIpc) is 2.27. The predicted octanol–water partition coefficient (Wildman–Crippen LogP) is 2.95. The lowest BCUT2D eigenvalue weighted by molar-refractivity contribution is -0.126. The Hall–Kier alpha value is -0.240. The van der Waals surface area contributed by atoms with Crippen LogP contribution in [0.3, 0.4) is 0 Å². The summed E-state index contributed by atoms with van der Waals surface area (Å²) in [5.41, 5.74) is 0. The number of carbonyl (C=O) groups excluding carboxylic acids is 1. The molecule has 2 nitrogen and oxygen atoms in total. The molecule has 0 aromatic heterocycles. The molecule has 1 aliphatic carbocycles. The van der Waals surface area contributed by atoms with Crippen LogP contribution in [0.5, 0.6) is 0 Å². The molecule has 1 N–H and O–H groups in total. The highest BCUT2D eigenvalue weighted by Gasteiger charge is 2.20. The van der Waals surface area contributed by atoms with Gasteiger partial charge in [0.05, 0.1) is 0 Å². The third-order valence-electron chi connectivity index (χ3n) is 3.20. The van der Waals surface area contributed by atoms with Crippen molar-refractivity contribution in [2.24, 2.45) is 11.8 Å². The van der Waals surface area contributed by atoms with Crippen LogP contribution in [0, 0.1) is 11.8 Å². The van der Waals surface area contributed by atoms with Crippen LogP contribution in [0.25, 0.3) is 0 Å². The van der Waals surface area contributed by atoms with Gasteiger partial charge in [0.2, 0.25) is 5.91 Å². The Bertz CT molecular complexity index is 190. The van der Waals surface area contributed by atoms with Crippen molar-refractivity contribution in [2.45, 2.75) is 45.4 Å². The number of hydrogen-bond acceptors (Lipinski definition) is 1. The van der Waals surface area contributed by atoms with E-state index in [2.05, 4.69) is 12.2 Å². The van der Waals surface area contributed by atoms with Gasteiger partial charge in [-0.25, -0.2) is 0 Å². The first-order chi connectivity index (χ1) is 7.24. The molecule has 0 heterocycles. The standard InChI is InChI=1S/C12H22ClNO/c1-10(7-8-13)9-14-12(15)11-5-3-2-4-6-11/h10-11H,2-9H2,1H3,(H,14,15). The Labute approximate surface area is 97.8 Å². The van der Waals surface area contributed by atoms with E-state index in [9.17, 15) is 4.79 Å². The predicted molar refractivity (Wildman–Crippen MR) is 64.1 cm³/mol. The highest BCUT2D eigenvalue weighted by molar-refractivity contribution is 6.17. The zero-order chi connectivity index (χ0) is 11.1. The third kappa shape index (κ3) is 4.87. The second-order valence-corrected chi connectivity index (χ2v) is 5.04. The Kier molecular flexibility index (Phi) is 6.07. The van der Waals surface area contributed by atoms with Gasteiger partial charge in [-0.2, -0.15) is 0 Å². The largest absolute Gasteiger partial charge is 0.356 e. The second-order valence-electron chi connectivity index (χ2n) is 4.66. The van der Waals surface area contributed by atoms with E-state index in [4.69, 9.17) is 11.6 Å². The summed E-state index contributed by atoms with van der Waals surface area (Å²) in [6.07, 6.45) is 6.87. The zero-order valence-corrected chi connectivity index (χ0v) is 10.4. The minimum absolute atomic E-state index is 0.260. The number of rotatable bonds is 5. The summed E-state index contributed by atoms with van der Waals surface area (Å²) >= 11 is 5.65. The van der Waals surface area contributed by atoms with Crippen LogP contribution in [0.2, 0.25) is 0 Å². The van der Waals surface area contributed by atoms with Gasteiger partial charge < -0.3 is 5.32 Å². The van der Waals surface area contributed by atoms with Gasteiger partial charge in [-0.15, -0.1) is 11.6 Å². The van der Waals surface area contributed by atoms with Crippen LogP contribution in [0.1, 0.15) is 45.4 Å². The Morgan fingerprint density at radius 1 is 1.40 bits per heavy atom. The molecule has 0 aromatic rings. The van der Waals surface area contributed by atoms with Gasteiger partial charge in [0, 0.05) is 18.3 Å². The first-order valence-corrected chi connectivity index (χ1v) is 6.61. The zero-order valence-electron chi connectivity index (χ0n) is 9.60. The Morgan fingerprint density at radius 3 is 2.67 bits per heavy atom. The van der Waals surface area contributed by atoms with Crippen LogP contribution < -0.4 is 5.32 Å². The summed E-state index contributed by atoms with van der Waals surface area (Å²) in [6.45, 7) is 2.91. The van der Waals surface area contributed by atoms with Crippen molar-refractivity contribution < 1.29 is 4.79 Å². The molecule has 88 valence electrons. The number of halogens is 1. The number of hydrogen-bond donors (Lipinski definition) is 1. The maximum atomic E-state index is 11.8. The number of carbonyl (C=O) groups is 1. The van der Waals surface area contributed by atoms with Gasteiger partial charge in [-0.05, 0) is 25.2 Å². The summed E-state index contributed by atoms with van der Waals surface area (Å²) in [7, 11) is 0. The molecule has 0 aliphatic heterocycles. The molecular formula is C12H22ClNO. The van der Waals surface area contributed by atoms with Crippen LogP contribution in [-0.4, -0.2) is 18.3 Å². The van der Waals surface area contributed by atoms with E-state index < -0.39 is 0 Å². The van der Waals surface area contributed by atoms with E-state index in [0.29, 0.717) is 11.8 Å². The molecule has 1 amide bonds. The monoisotopic (exact) mass is 231 g/mol. The van der Waals surface area contributed by atoms with Gasteiger partial charge in [-0.1, -0.05) is 26.2 Å². The summed E-state index contributed by atoms with van der Waals surface area (Å²) in [4.78, 5) is 11.8. The molecule has 1 fully saturated rings. The number of amides is 1. The van der Waals surface area contributed by atoms with Crippen LogP contribution in [0.4, 0.5) is 0 Å². The molecule has 0 spiro atoms. The highest BCUT2D eigenvalue weighted by Crippen LogP contribution is 2.23. The van der Waals surface area contributed by atoms with Crippen molar-refractivity contribution in [3.8, 4) is 0 Å². The molecule has 0 radical (unpaired) electrons. The van der Waals surface area contributed by atoms with Crippen molar-refractivity contribution in [3.63, 3.8) is 0 Å². The van der Waals surface area contributed by atoms with E-state index in [0.717, 1.165) is 25.8 Å². The van der Waals surface area contributed by atoms with E-state index in [1.165, 1.54) is 19.3 Å². The molecule has 1 rings (SSSR count). The molecule has 1 aliphatic rings. The van der Waals surface area contributed by atoms with Crippen molar-refractivity contribution >= 4 is 17.5 Å². The maximum Gasteiger partial charge on any atom is 0.223 e. The summed E-state index contributed by atoms with van der Waals surface area (Å²) in [5.74, 6) is 1.72. The van der Waals surface area contributed by atoms with Crippen molar-refractivity contribution in [1.29, 1.82) is 0 Å². The average molecular weight is 232 g/mol. The molecule has 3 heteroatoms. The van der Waals surface area contributed by atoms with Gasteiger partial charge in [0.25, 0.3) is 0 Å². The van der Waals surface area contributed by atoms with E-state index in [1.54, 1.807) is 0 Å². The molecule has 1 unspecified atom stereocenters. The third-order valence-corrected chi connectivity index (χ3v) is 3.42. The summed E-state index contributed by atoms with van der Waals surface area (Å²) < 4.78 is 0. The summed E-state index contributed by atoms with van der Waals surface area (Å²) in [5, 5.41) is 3.04. The molecule has 0 bridgehead atoms. The Morgan fingerprint density at radius 2 is 2.07 bits per heavy atom. The van der Waals surface area contributed by atoms with Crippen molar-refractivity contribution in [3.05, 3.63) is 0 Å². The van der Waals surface area contributed by atoms with Gasteiger partial charge in [0.15, 0.2) is 0 Å². The highest BCUT2D eigenvalue weighted by atomic mass is 35.5. The van der Waals surface area contributed by atoms with Gasteiger partial charge in [-0.3, -0.25) is 4.79 Å². The van der Waals surface area contributed by atoms with Crippen LogP contribution >= 0.6 is 11.6 Å². The second kappa shape index (κ2) is 7.10. The van der Waals surface area contributed by atoms with Crippen molar-refractivity contribution in [2.75, 3.05) is 12.4 Å². The Balaban J connectivity index is 2.16. The van der Waals surface area contributed by atoms with Crippen LogP contribution in [-0.2, 0) is 4.79 Å². The number of nitrogens with one attached hydrogen (secondary N) is 1. The molecule has 1 saturated carbocycles. The van der Waals surface area contributed by atoms with E-state index in [-0.39, 0.29) is 11.8 Å². The van der Waals surface area contributed by atoms with E-state index >= 15 is 0 Å². The molecule has 0 saturated heterocycles. The van der Waals surface area contributed by atoms with Gasteiger partial charge >= 0.3 is 0 Å². The SMILES string of the molecule is CC(CCCl)CNC(=O)C1CCCCC1. The molecular weight excluding hydrogens is 210 g/mol. The summed E-state index contributed by atoms with van der Waals surface area (Å²) in [6, 6.07) is 0. The lowest BCUT2D eigenvalue weighted by atomic mass is 9.88. The minimum atomic E-state index is 0.260. The number of alkyl halides is 1. The molecule has 1 atom stereocenters. The smallest absolute Gasteiger partial charge is 0.223 e. The van der Waals surface area contributed by atoms with Gasteiger partial charge in [0.1, 0.15) is 0 Å². The molecule has 15 heavy (non-hydrogen) atoms.